The molecule has 0 saturated carbocycles. The minimum atomic E-state index is -0.998. The van der Waals surface area contributed by atoms with Gasteiger partial charge in [-0.25, -0.2) is 0 Å². The molecule has 0 unspecified atom stereocenters. The van der Waals surface area contributed by atoms with Gasteiger partial charge in [0.15, 0.2) is 0 Å². The molecule has 2 aliphatic rings. The number of aromatic nitrogens is 2. The number of H-pyrrole nitrogens is 1. The summed E-state index contributed by atoms with van der Waals surface area (Å²) in [5, 5.41) is 5.89. The number of rotatable bonds is 5. The number of halogens is 1. The quantitative estimate of drug-likeness (QED) is 0.552. The molecule has 1 saturated heterocycles. The molecule has 0 radical (unpaired) electrons. The highest BCUT2D eigenvalue weighted by Crippen LogP contribution is 2.32. The van der Waals surface area contributed by atoms with Crippen molar-refractivity contribution in [2.75, 3.05) is 35.2 Å². The number of piperidine rings is 1. The van der Waals surface area contributed by atoms with E-state index in [2.05, 4.69) is 20.6 Å². The van der Waals surface area contributed by atoms with E-state index in [0.29, 0.717) is 48.8 Å². The van der Waals surface area contributed by atoms with E-state index in [1.165, 1.54) is 0 Å². The van der Waals surface area contributed by atoms with Crippen LogP contribution in [0.15, 0.2) is 23.0 Å². The first-order valence-electron chi connectivity index (χ1n) is 11.2. The van der Waals surface area contributed by atoms with Gasteiger partial charge >= 0.3 is 5.97 Å². The molecule has 3 heterocycles. The number of hydrogen-bond acceptors (Lipinski definition) is 7. The predicted octanol–water partition coefficient (Wildman–Crippen LogP) is 2.58. The number of benzene rings is 1. The number of esters is 1. The van der Waals surface area contributed by atoms with E-state index < -0.39 is 23.3 Å². The van der Waals surface area contributed by atoms with Crippen molar-refractivity contribution in [3.8, 4) is 0 Å². The lowest BCUT2D eigenvalue weighted by Crippen LogP contribution is -2.41. The minimum absolute atomic E-state index is 0.0745. The fourth-order valence-electron chi connectivity index (χ4n) is 4.28. The Labute approximate surface area is 201 Å². The molecule has 0 aliphatic carbocycles. The van der Waals surface area contributed by atoms with Crippen LogP contribution < -0.4 is 21.1 Å². The summed E-state index contributed by atoms with van der Waals surface area (Å²) in [6, 6.07) is 5.12. The molecule has 180 valence electrons. The molecule has 4 rings (SSSR count). The zero-order chi connectivity index (χ0) is 24.4. The van der Waals surface area contributed by atoms with E-state index in [0.717, 1.165) is 0 Å². The summed E-state index contributed by atoms with van der Waals surface area (Å²) in [5.74, 6) is -1.93. The number of carbonyl (C=O) groups excluding carboxylic acids is 3. The number of fused-ring (bicyclic) bond motifs is 1. The molecule has 0 bridgehead atoms. The number of aromatic amines is 1. The van der Waals surface area contributed by atoms with Crippen LogP contribution in [0, 0.1) is 12.8 Å². The molecule has 1 fully saturated rings. The maximum Gasteiger partial charge on any atom is 0.309 e. The number of nitrogens with one attached hydrogen (secondary N) is 3. The number of ether oxygens (including phenoxy) is 1. The molecular formula is C23H26ClN5O5. The Morgan fingerprint density at radius 1 is 1.26 bits per heavy atom. The van der Waals surface area contributed by atoms with Crippen LogP contribution in [0.3, 0.4) is 0 Å². The van der Waals surface area contributed by atoms with Gasteiger partial charge in [-0.1, -0.05) is 17.7 Å². The maximum absolute atomic E-state index is 13.1. The summed E-state index contributed by atoms with van der Waals surface area (Å²) < 4.78 is 5.09. The number of hydrogen-bond donors (Lipinski definition) is 3. The first-order chi connectivity index (χ1) is 16.3. The third kappa shape index (κ3) is 4.77. The van der Waals surface area contributed by atoms with E-state index in [9.17, 15) is 19.2 Å². The molecule has 0 spiro atoms. The van der Waals surface area contributed by atoms with Crippen molar-refractivity contribution in [3.63, 3.8) is 0 Å². The van der Waals surface area contributed by atoms with Crippen LogP contribution in [-0.2, 0) is 19.1 Å². The lowest BCUT2D eigenvalue weighted by Gasteiger charge is -2.32. The fraction of sp³-hybridized carbons (Fsp3) is 0.435. The zero-order valence-electron chi connectivity index (χ0n) is 18.9. The van der Waals surface area contributed by atoms with Crippen molar-refractivity contribution in [1.82, 2.24) is 9.97 Å². The lowest BCUT2D eigenvalue weighted by molar-refractivity contribution is -0.148. The standard InChI is InChI=1S/C23H26ClN5O5/c1-3-34-22(33)13-7-9-29(10-8-13)23-27-19-18(21(32)28-23)14(11-17(30)26-19)20(31)25-16-6-4-5-15(24)12(16)2/h4-6,13-14H,3,7-11H2,1-2H3,(H,25,31)(H2,26,27,28,30,32)/t14-/m1/s1. The highest BCUT2D eigenvalue weighted by Gasteiger charge is 2.36. The van der Waals surface area contributed by atoms with Gasteiger partial charge in [0, 0.05) is 30.2 Å². The summed E-state index contributed by atoms with van der Waals surface area (Å²) in [5.41, 5.74) is 0.819. The second kappa shape index (κ2) is 9.84. The van der Waals surface area contributed by atoms with Crippen LogP contribution in [0.1, 0.15) is 43.2 Å². The van der Waals surface area contributed by atoms with E-state index in [1.807, 2.05) is 4.90 Å². The Kier molecular flexibility index (Phi) is 6.87. The van der Waals surface area contributed by atoms with Crippen LogP contribution in [0.2, 0.25) is 5.02 Å². The number of amides is 2. The van der Waals surface area contributed by atoms with E-state index in [4.69, 9.17) is 16.3 Å². The van der Waals surface area contributed by atoms with Crippen molar-refractivity contribution < 1.29 is 19.1 Å². The third-order valence-corrected chi connectivity index (χ3v) is 6.60. The third-order valence-electron chi connectivity index (χ3n) is 6.20. The first kappa shape index (κ1) is 23.7. The molecule has 2 aromatic rings. The maximum atomic E-state index is 13.1. The number of carbonyl (C=O) groups is 3. The first-order valence-corrected chi connectivity index (χ1v) is 11.6. The van der Waals surface area contributed by atoms with E-state index in [1.54, 1.807) is 32.0 Å². The van der Waals surface area contributed by atoms with Crippen LogP contribution in [-0.4, -0.2) is 47.4 Å². The van der Waals surface area contributed by atoms with Crippen LogP contribution in [0.25, 0.3) is 0 Å². The smallest absolute Gasteiger partial charge is 0.309 e. The average molecular weight is 488 g/mol. The minimum Gasteiger partial charge on any atom is -0.466 e. The average Bonchev–Trinajstić information content (AvgIpc) is 2.81. The van der Waals surface area contributed by atoms with E-state index >= 15 is 0 Å². The van der Waals surface area contributed by atoms with Crippen molar-refractivity contribution in [2.45, 2.75) is 39.0 Å². The van der Waals surface area contributed by atoms with Crippen molar-refractivity contribution in [3.05, 3.63) is 44.7 Å². The second-order valence-corrected chi connectivity index (χ2v) is 8.78. The normalized spacial score (nSPS) is 18.1. The lowest BCUT2D eigenvalue weighted by atomic mass is 9.92. The Bertz CT molecular complexity index is 1190. The molecule has 1 aromatic carbocycles. The van der Waals surface area contributed by atoms with E-state index in [-0.39, 0.29) is 35.6 Å². The molecule has 34 heavy (non-hydrogen) atoms. The topological polar surface area (TPSA) is 133 Å². The summed E-state index contributed by atoms with van der Waals surface area (Å²) in [4.78, 5) is 59.5. The Morgan fingerprint density at radius 2 is 2.00 bits per heavy atom. The van der Waals surface area contributed by atoms with Crippen LogP contribution in [0.5, 0.6) is 0 Å². The summed E-state index contributed by atoms with van der Waals surface area (Å²) in [6.07, 6.45) is 0.958. The molecule has 3 N–H and O–H groups in total. The Balaban J connectivity index is 1.56. The van der Waals surface area contributed by atoms with Gasteiger partial charge in [-0.3, -0.25) is 24.2 Å². The van der Waals surface area contributed by atoms with Gasteiger partial charge in [0.2, 0.25) is 17.8 Å². The number of nitrogens with zero attached hydrogens (tertiary/aromatic N) is 2. The second-order valence-electron chi connectivity index (χ2n) is 8.37. The molecule has 2 amide bonds. The summed E-state index contributed by atoms with van der Waals surface area (Å²) in [6.45, 7) is 4.87. The van der Waals surface area contributed by atoms with Gasteiger partial charge < -0.3 is 20.3 Å². The van der Waals surface area contributed by atoms with Crippen LogP contribution >= 0.6 is 11.6 Å². The zero-order valence-corrected chi connectivity index (χ0v) is 19.7. The molecule has 1 aromatic heterocycles. The largest absolute Gasteiger partial charge is 0.466 e. The highest BCUT2D eigenvalue weighted by molar-refractivity contribution is 6.31. The molecule has 11 heteroatoms. The molecular weight excluding hydrogens is 462 g/mol. The number of anilines is 3. The van der Waals surface area contributed by atoms with Gasteiger partial charge in [-0.05, 0) is 44.4 Å². The van der Waals surface area contributed by atoms with Crippen molar-refractivity contribution in [2.24, 2.45) is 5.92 Å². The van der Waals surface area contributed by atoms with Crippen molar-refractivity contribution in [1.29, 1.82) is 0 Å². The molecule has 2 aliphatic heterocycles. The van der Waals surface area contributed by atoms with Gasteiger partial charge in [0.05, 0.1) is 24.0 Å². The fourth-order valence-corrected chi connectivity index (χ4v) is 4.46. The van der Waals surface area contributed by atoms with Gasteiger partial charge in [-0.15, -0.1) is 0 Å². The van der Waals surface area contributed by atoms with Gasteiger partial charge in [0.25, 0.3) is 5.56 Å². The predicted molar refractivity (Wildman–Crippen MR) is 127 cm³/mol. The van der Waals surface area contributed by atoms with Crippen LogP contribution in [0.4, 0.5) is 17.5 Å². The van der Waals surface area contributed by atoms with Gasteiger partial charge in [-0.2, -0.15) is 4.98 Å². The van der Waals surface area contributed by atoms with Crippen molar-refractivity contribution >= 4 is 46.8 Å². The summed E-state index contributed by atoms with van der Waals surface area (Å²) >= 11 is 6.13. The molecule has 1 atom stereocenters. The monoisotopic (exact) mass is 487 g/mol. The SMILES string of the molecule is CCOC(=O)C1CCN(c2nc3c(c(=O)[nH]2)[C@H](C(=O)Nc2cccc(Cl)c2C)CC(=O)N3)CC1. The van der Waals surface area contributed by atoms with Gasteiger partial charge in [0.1, 0.15) is 5.82 Å². The Hall–Kier alpha value is -3.40. The highest BCUT2D eigenvalue weighted by atomic mass is 35.5. The Morgan fingerprint density at radius 3 is 2.71 bits per heavy atom. The molecule has 10 nitrogen and oxygen atoms in total. The summed E-state index contributed by atoms with van der Waals surface area (Å²) in [7, 11) is 0.